The summed E-state index contributed by atoms with van der Waals surface area (Å²) in [6.07, 6.45) is 5.34. The molecule has 0 unspecified atom stereocenters. The molecule has 0 bridgehead atoms. The maximum absolute atomic E-state index is 13.0. The molecule has 0 aliphatic heterocycles. The first-order valence-electron chi connectivity index (χ1n) is 15.1. The minimum absolute atomic E-state index is 0.157. The lowest BCUT2D eigenvalue weighted by molar-refractivity contribution is 0.0470. The van der Waals surface area contributed by atoms with Crippen LogP contribution < -0.4 is 16.0 Å². The Labute approximate surface area is 244 Å². The second kappa shape index (κ2) is 13.3. The molecule has 2 atom stereocenters. The molecule has 0 aromatic heterocycles. The molecule has 4 aromatic rings. The fraction of sp³-hybridized carbons (Fsp3) is 0.361. The SMILES string of the molecule is C[C@@H](NCCC1CCC(NC(=O)N[C@H](C)C(O)(c2ccccc2)c2ccccc2)CC1)c1ccc2ccccc2c1. The molecule has 214 valence electrons. The average molecular weight is 550 g/mol. The molecule has 4 N–H and O–H groups in total. The minimum atomic E-state index is -1.34. The second-order valence-electron chi connectivity index (χ2n) is 11.6. The van der Waals surface area contributed by atoms with Crippen LogP contribution in [0.5, 0.6) is 0 Å². The zero-order chi connectivity index (χ0) is 28.7. The number of hydrogen-bond acceptors (Lipinski definition) is 3. The van der Waals surface area contributed by atoms with Gasteiger partial charge in [-0.05, 0) is 91.9 Å². The summed E-state index contributed by atoms with van der Waals surface area (Å²) in [4.78, 5) is 13.0. The first kappa shape index (κ1) is 28.8. The Morgan fingerprint density at radius 2 is 1.39 bits per heavy atom. The van der Waals surface area contributed by atoms with E-state index in [-0.39, 0.29) is 12.1 Å². The van der Waals surface area contributed by atoms with Crippen LogP contribution in [0.1, 0.15) is 68.7 Å². The van der Waals surface area contributed by atoms with E-state index >= 15 is 0 Å². The van der Waals surface area contributed by atoms with E-state index < -0.39 is 11.6 Å². The normalized spacial score (nSPS) is 18.9. The number of carbonyl (C=O) groups is 1. The first-order valence-corrected chi connectivity index (χ1v) is 15.1. The number of fused-ring (bicyclic) bond motifs is 1. The number of amides is 2. The van der Waals surface area contributed by atoms with Gasteiger partial charge in [0.15, 0.2) is 0 Å². The van der Waals surface area contributed by atoms with Crippen LogP contribution in [0.2, 0.25) is 0 Å². The van der Waals surface area contributed by atoms with Gasteiger partial charge in [0, 0.05) is 12.1 Å². The predicted molar refractivity (Wildman–Crippen MR) is 168 cm³/mol. The van der Waals surface area contributed by atoms with E-state index in [1.807, 2.05) is 67.6 Å². The maximum Gasteiger partial charge on any atom is 0.315 e. The van der Waals surface area contributed by atoms with E-state index in [1.165, 1.54) is 16.3 Å². The maximum atomic E-state index is 13.0. The summed E-state index contributed by atoms with van der Waals surface area (Å²) in [5.74, 6) is 0.674. The lowest BCUT2D eigenvalue weighted by Crippen LogP contribution is -2.54. The highest BCUT2D eigenvalue weighted by molar-refractivity contribution is 5.83. The van der Waals surface area contributed by atoms with Gasteiger partial charge in [-0.15, -0.1) is 0 Å². The van der Waals surface area contributed by atoms with E-state index in [2.05, 4.69) is 65.3 Å². The predicted octanol–water partition coefficient (Wildman–Crippen LogP) is 7.06. The lowest BCUT2D eigenvalue weighted by Gasteiger charge is -2.36. The Kier molecular flexibility index (Phi) is 9.38. The van der Waals surface area contributed by atoms with Crippen molar-refractivity contribution in [1.29, 1.82) is 0 Å². The van der Waals surface area contributed by atoms with Gasteiger partial charge in [0.2, 0.25) is 0 Å². The summed E-state index contributed by atoms with van der Waals surface area (Å²) in [7, 11) is 0. The summed E-state index contributed by atoms with van der Waals surface area (Å²) in [5.41, 5.74) is 1.49. The van der Waals surface area contributed by atoms with Gasteiger partial charge in [-0.25, -0.2) is 4.79 Å². The highest BCUT2D eigenvalue weighted by atomic mass is 16.3. The molecule has 5 rings (SSSR count). The molecule has 5 nitrogen and oxygen atoms in total. The second-order valence-corrected chi connectivity index (χ2v) is 11.6. The van der Waals surface area contributed by atoms with Crippen molar-refractivity contribution in [2.24, 2.45) is 5.92 Å². The third-order valence-corrected chi connectivity index (χ3v) is 8.86. The van der Waals surface area contributed by atoms with Crippen LogP contribution in [0, 0.1) is 5.92 Å². The lowest BCUT2D eigenvalue weighted by atomic mass is 9.81. The van der Waals surface area contributed by atoms with Crippen molar-refractivity contribution in [3.05, 3.63) is 120 Å². The molecule has 0 spiro atoms. The van der Waals surface area contributed by atoms with E-state index in [0.29, 0.717) is 12.0 Å². The smallest absolute Gasteiger partial charge is 0.315 e. The molecule has 4 aromatic carbocycles. The summed E-state index contributed by atoms with van der Waals surface area (Å²) in [6.45, 7) is 5.09. The summed E-state index contributed by atoms with van der Waals surface area (Å²) >= 11 is 0. The minimum Gasteiger partial charge on any atom is -0.378 e. The number of rotatable bonds is 10. The van der Waals surface area contributed by atoms with Gasteiger partial charge >= 0.3 is 6.03 Å². The van der Waals surface area contributed by atoms with Gasteiger partial charge in [0.1, 0.15) is 5.60 Å². The molecule has 41 heavy (non-hydrogen) atoms. The molecule has 5 heteroatoms. The fourth-order valence-electron chi connectivity index (χ4n) is 6.27. The van der Waals surface area contributed by atoms with Gasteiger partial charge < -0.3 is 21.1 Å². The fourth-order valence-corrected chi connectivity index (χ4v) is 6.27. The molecule has 1 aliphatic rings. The zero-order valence-electron chi connectivity index (χ0n) is 24.2. The number of aliphatic hydroxyl groups is 1. The van der Waals surface area contributed by atoms with E-state index in [1.54, 1.807) is 0 Å². The Hall–Kier alpha value is -3.67. The molecule has 0 saturated heterocycles. The van der Waals surface area contributed by atoms with Gasteiger partial charge in [0.05, 0.1) is 6.04 Å². The first-order chi connectivity index (χ1) is 19.9. The highest BCUT2D eigenvalue weighted by Gasteiger charge is 2.38. The van der Waals surface area contributed by atoms with Crippen molar-refractivity contribution in [3.63, 3.8) is 0 Å². The molecule has 1 fully saturated rings. The van der Waals surface area contributed by atoms with Crippen LogP contribution in [-0.4, -0.2) is 29.8 Å². The van der Waals surface area contributed by atoms with Gasteiger partial charge in [-0.3, -0.25) is 0 Å². The summed E-state index contributed by atoms with van der Waals surface area (Å²) in [6, 6.07) is 34.1. The van der Waals surface area contributed by atoms with Crippen LogP contribution in [0.25, 0.3) is 10.8 Å². The quantitative estimate of drug-likeness (QED) is 0.171. The van der Waals surface area contributed by atoms with Crippen LogP contribution in [0.4, 0.5) is 4.79 Å². The number of nitrogens with one attached hydrogen (secondary N) is 3. The van der Waals surface area contributed by atoms with Crippen LogP contribution in [-0.2, 0) is 5.60 Å². The zero-order valence-corrected chi connectivity index (χ0v) is 24.2. The Bertz CT molecular complexity index is 1360. The van der Waals surface area contributed by atoms with Crippen LogP contribution >= 0.6 is 0 Å². The largest absolute Gasteiger partial charge is 0.378 e. The monoisotopic (exact) mass is 549 g/mol. The summed E-state index contributed by atoms with van der Waals surface area (Å²) in [5, 5.41) is 24.4. The molecule has 0 heterocycles. The van der Waals surface area contributed by atoms with Crippen LogP contribution in [0.15, 0.2) is 103 Å². The van der Waals surface area contributed by atoms with Crippen molar-refractivity contribution < 1.29 is 9.90 Å². The third kappa shape index (κ3) is 6.98. The van der Waals surface area contributed by atoms with Crippen molar-refractivity contribution >= 4 is 16.8 Å². The van der Waals surface area contributed by atoms with E-state index in [4.69, 9.17) is 0 Å². The van der Waals surface area contributed by atoms with Gasteiger partial charge in [-0.1, -0.05) is 97.1 Å². The van der Waals surface area contributed by atoms with Crippen molar-refractivity contribution in [3.8, 4) is 0 Å². The number of hydrogen-bond donors (Lipinski definition) is 4. The van der Waals surface area contributed by atoms with Crippen molar-refractivity contribution in [2.45, 2.75) is 69.7 Å². The van der Waals surface area contributed by atoms with Crippen LogP contribution in [0.3, 0.4) is 0 Å². The number of urea groups is 1. The number of benzene rings is 4. The number of carbonyl (C=O) groups excluding carboxylic acids is 1. The Morgan fingerprint density at radius 1 is 0.805 bits per heavy atom. The van der Waals surface area contributed by atoms with Gasteiger partial charge in [0.25, 0.3) is 0 Å². The molecular weight excluding hydrogens is 506 g/mol. The standard InChI is InChI=1S/C36H43N3O2/c1-26(30-20-19-29-11-9-10-12-31(29)25-30)37-24-23-28-17-21-34(22-18-28)39-35(40)38-27(2)36(41,32-13-5-3-6-14-32)33-15-7-4-8-16-33/h3-16,19-20,25-28,34,37,41H,17-18,21-24H2,1-2H3,(H2,38,39,40)/t26-,27-,28?,34?/m1/s1. The van der Waals surface area contributed by atoms with E-state index in [0.717, 1.165) is 49.8 Å². The topological polar surface area (TPSA) is 73.4 Å². The molecule has 0 radical (unpaired) electrons. The molecule has 2 amide bonds. The van der Waals surface area contributed by atoms with Crippen molar-refractivity contribution in [1.82, 2.24) is 16.0 Å². The van der Waals surface area contributed by atoms with Gasteiger partial charge in [-0.2, -0.15) is 0 Å². The highest BCUT2D eigenvalue weighted by Crippen LogP contribution is 2.33. The van der Waals surface area contributed by atoms with E-state index in [9.17, 15) is 9.90 Å². The molecule has 1 saturated carbocycles. The average Bonchev–Trinajstić information content (AvgIpc) is 3.02. The Morgan fingerprint density at radius 3 is 2.02 bits per heavy atom. The Balaban J connectivity index is 1.08. The molecule has 1 aliphatic carbocycles. The summed E-state index contributed by atoms with van der Waals surface area (Å²) < 4.78 is 0. The van der Waals surface area contributed by atoms with Crippen molar-refractivity contribution in [2.75, 3.05) is 6.54 Å². The molecular formula is C36H43N3O2. The third-order valence-electron chi connectivity index (χ3n) is 8.86.